The van der Waals surface area contributed by atoms with Crippen LogP contribution in [0.5, 0.6) is 11.5 Å². The van der Waals surface area contributed by atoms with E-state index >= 15 is 0 Å². The zero-order chi connectivity index (χ0) is 23.9. The van der Waals surface area contributed by atoms with Crippen molar-refractivity contribution in [3.63, 3.8) is 0 Å². The smallest absolute Gasteiger partial charge is 0.272 e. The Hall–Kier alpha value is -3.35. The maximum atomic E-state index is 12.3. The second-order valence-corrected chi connectivity index (χ2v) is 8.63. The van der Waals surface area contributed by atoms with Crippen molar-refractivity contribution >= 4 is 50.4 Å². The van der Waals surface area contributed by atoms with E-state index in [1.54, 1.807) is 24.3 Å². The monoisotopic (exact) mass is 536 g/mol. The first kappa shape index (κ1) is 23.8. The topological polar surface area (TPSA) is 59.9 Å². The number of benzene rings is 4. The molecule has 0 atom stereocenters. The molecule has 0 aliphatic carbocycles. The van der Waals surface area contributed by atoms with Crippen molar-refractivity contribution < 1.29 is 14.3 Å². The van der Waals surface area contributed by atoms with Gasteiger partial charge in [-0.25, -0.2) is 5.43 Å². The van der Waals surface area contributed by atoms with E-state index in [0.29, 0.717) is 35.3 Å². The van der Waals surface area contributed by atoms with Crippen molar-refractivity contribution in [3.8, 4) is 11.5 Å². The van der Waals surface area contributed by atoms with Crippen molar-refractivity contribution in [2.45, 2.75) is 13.5 Å². The molecule has 0 aromatic heterocycles. The summed E-state index contributed by atoms with van der Waals surface area (Å²) in [5.74, 6) is 0.795. The lowest BCUT2D eigenvalue weighted by molar-refractivity contribution is 0.0955. The molecule has 172 valence electrons. The highest BCUT2D eigenvalue weighted by Crippen LogP contribution is 2.37. The molecular formula is C27H22BrClN2O3. The van der Waals surface area contributed by atoms with Gasteiger partial charge in [-0.05, 0) is 69.0 Å². The van der Waals surface area contributed by atoms with Crippen molar-refractivity contribution in [1.29, 1.82) is 0 Å². The number of halogens is 2. The summed E-state index contributed by atoms with van der Waals surface area (Å²) in [5.41, 5.74) is 4.67. The summed E-state index contributed by atoms with van der Waals surface area (Å²) < 4.78 is 12.7. The van der Waals surface area contributed by atoms with Gasteiger partial charge in [-0.3, -0.25) is 4.79 Å². The number of rotatable bonds is 8. The number of hydrogen-bond donors (Lipinski definition) is 1. The highest BCUT2D eigenvalue weighted by atomic mass is 79.9. The van der Waals surface area contributed by atoms with Crippen molar-refractivity contribution in [1.82, 2.24) is 5.43 Å². The van der Waals surface area contributed by atoms with Crippen LogP contribution >= 0.6 is 27.5 Å². The Bertz CT molecular complexity index is 1350. The SMILES string of the molecule is CCOc1cc(/C=N\NC(=O)c2ccccc2Cl)cc(Br)c1OCc1cccc2ccccc12. The molecule has 0 bridgehead atoms. The highest BCUT2D eigenvalue weighted by Gasteiger charge is 2.13. The largest absolute Gasteiger partial charge is 0.490 e. The van der Waals surface area contributed by atoms with Gasteiger partial charge in [0.15, 0.2) is 11.5 Å². The van der Waals surface area contributed by atoms with Crippen LogP contribution in [0.15, 0.2) is 88.4 Å². The molecular weight excluding hydrogens is 516 g/mol. The quantitative estimate of drug-likeness (QED) is 0.194. The lowest BCUT2D eigenvalue weighted by atomic mass is 10.1. The predicted molar refractivity (Wildman–Crippen MR) is 140 cm³/mol. The van der Waals surface area contributed by atoms with Gasteiger partial charge in [0.25, 0.3) is 5.91 Å². The zero-order valence-corrected chi connectivity index (χ0v) is 20.8. The summed E-state index contributed by atoms with van der Waals surface area (Å²) in [7, 11) is 0. The van der Waals surface area contributed by atoms with Gasteiger partial charge in [0, 0.05) is 0 Å². The lowest BCUT2D eigenvalue weighted by Crippen LogP contribution is -2.17. The summed E-state index contributed by atoms with van der Waals surface area (Å²) in [5, 5.41) is 6.74. The van der Waals surface area contributed by atoms with Crippen LogP contribution < -0.4 is 14.9 Å². The maximum absolute atomic E-state index is 12.3. The van der Waals surface area contributed by atoms with E-state index in [0.717, 1.165) is 26.4 Å². The van der Waals surface area contributed by atoms with Gasteiger partial charge in [0.05, 0.1) is 27.9 Å². The molecule has 0 aliphatic heterocycles. The third-order valence-electron chi connectivity index (χ3n) is 5.08. The van der Waals surface area contributed by atoms with Crippen LogP contribution in [0.4, 0.5) is 0 Å². The van der Waals surface area contributed by atoms with Gasteiger partial charge in [-0.15, -0.1) is 0 Å². The first-order valence-electron chi connectivity index (χ1n) is 10.7. The third kappa shape index (κ3) is 5.58. The Balaban J connectivity index is 1.51. The average molecular weight is 538 g/mol. The zero-order valence-electron chi connectivity index (χ0n) is 18.4. The summed E-state index contributed by atoms with van der Waals surface area (Å²) in [6.07, 6.45) is 1.54. The standard InChI is InChI=1S/C27H22BrClN2O3/c1-2-33-25-15-18(16-30-31-27(32)22-12-5-6-13-24(22)29)14-23(28)26(25)34-17-20-10-7-9-19-8-3-4-11-21(19)20/h3-16H,2,17H2,1H3,(H,31,32)/b30-16-. The second kappa shape index (κ2) is 11.2. The van der Waals surface area contributed by atoms with Crippen molar-refractivity contribution in [2.75, 3.05) is 6.61 Å². The van der Waals surface area contributed by atoms with Gasteiger partial charge in [-0.2, -0.15) is 5.10 Å². The minimum atomic E-state index is -0.388. The van der Waals surface area contributed by atoms with E-state index in [9.17, 15) is 4.79 Å². The average Bonchev–Trinajstić information content (AvgIpc) is 2.84. The van der Waals surface area contributed by atoms with Crippen molar-refractivity contribution in [3.05, 3.63) is 105 Å². The van der Waals surface area contributed by atoms with Crippen LogP contribution in [0.1, 0.15) is 28.4 Å². The fourth-order valence-corrected chi connectivity index (χ4v) is 4.30. The minimum Gasteiger partial charge on any atom is -0.490 e. The number of fused-ring (bicyclic) bond motifs is 1. The molecule has 4 rings (SSSR count). The molecule has 7 heteroatoms. The van der Waals surface area contributed by atoms with Gasteiger partial charge in [0.2, 0.25) is 0 Å². The van der Waals surface area contributed by atoms with Gasteiger partial charge in [-0.1, -0.05) is 66.2 Å². The molecule has 4 aromatic carbocycles. The van der Waals surface area contributed by atoms with Gasteiger partial charge in [0.1, 0.15) is 6.61 Å². The molecule has 0 aliphatic rings. The van der Waals surface area contributed by atoms with Crippen LogP contribution in [0.25, 0.3) is 10.8 Å². The summed E-state index contributed by atoms with van der Waals surface area (Å²) in [4.78, 5) is 12.3. The first-order chi connectivity index (χ1) is 16.6. The number of hydrazone groups is 1. The van der Waals surface area contributed by atoms with E-state index < -0.39 is 0 Å². The van der Waals surface area contributed by atoms with Gasteiger partial charge < -0.3 is 9.47 Å². The van der Waals surface area contributed by atoms with Crippen LogP contribution in [-0.4, -0.2) is 18.7 Å². The summed E-state index contributed by atoms with van der Waals surface area (Å²) in [6, 6.07) is 24.8. The Labute approximate surface area is 211 Å². The maximum Gasteiger partial charge on any atom is 0.272 e. The number of amides is 1. The number of hydrogen-bond acceptors (Lipinski definition) is 4. The summed E-state index contributed by atoms with van der Waals surface area (Å²) >= 11 is 9.65. The molecule has 5 nitrogen and oxygen atoms in total. The Morgan fingerprint density at radius 2 is 1.79 bits per heavy atom. The fraction of sp³-hybridized carbons (Fsp3) is 0.111. The molecule has 34 heavy (non-hydrogen) atoms. The van der Waals surface area contributed by atoms with E-state index in [1.807, 2.05) is 37.3 Å². The molecule has 0 spiro atoms. The normalized spacial score (nSPS) is 11.0. The Morgan fingerprint density at radius 1 is 1.03 bits per heavy atom. The molecule has 0 unspecified atom stereocenters. The molecule has 0 heterocycles. The predicted octanol–water partition coefficient (Wildman–Crippen LogP) is 7.00. The van der Waals surface area contributed by atoms with Crippen molar-refractivity contribution in [2.24, 2.45) is 5.10 Å². The highest BCUT2D eigenvalue weighted by molar-refractivity contribution is 9.10. The second-order valence-electron chi connectivity index (χ2n) is 7.37. The van der Waals surface area contributed by atoms with E-state index in [4.69, 9.17) is 21.1 Å². The van der Waals surface area contributed by atoms with Crippen LogP contribution in [0.3, 0.4) is 0 Å². The number of carbonyl (C=O) groups is 1. The molecule has 0 fully saturated rings. The molecule has 0 radical (unpaired) electrons. The minimum absolute atomic E-state index is 0.356. The van der Waals surface area contributed by atoms with E-state index in [1.165, 1.54) is 6.21 Å². The van der Waals surface area contributed by atoms with Crippen LogP contribution in [-0.2, 0) is 6.61 Å². The van der Waals surface area contributed by atoms with E-state index in [-0.39, 0.29) is 5.91 Å². The Kier molecular flexibility index (Phi) is 7.83. The third-order valence-corrected chi connectivity index (χ3v) is 6.00. The molecule has 0 saturated carbocycles. The molecule has 1 N–H and O–H groups in total. The van der Waals surface area contributed by atoms with E-state index in [2.05, 4.69) is 50.7 Å². The molecule has 1 amide bonds. The lowest BCUT2D eigenvalue weighted by Gasteiger charge is -2.15. The van der Waals surface area contributed by atoms with Gasteiger partial charge >= 0.3 is 0 Å². The molecule has 0 saturated heterocycles. The fourth-order valence-electron chi connectivity index (χ4n) is 3.50. The number of carbonyl (C=O) groups excluding carboxylic acids is 1. The molecule has 4 aromatic rings. The summed E-state index contributed by atoms with van der Waals surface area (Å²) in [6.45, 7) is 2.77. The number of ether oxygens (including phenoxy) is 2. The van der Waals surface area contributed by atoms with Crippen LogP contribution in [0.2, 0.25) is 5.02 Å². The van der Waals surface area contributed by atoms with Crippen LogP contribution in [0, 0.1) is 0 Å². The number of nitrogens with one attached hydrogen (secondary N) is 1. The first-order valence-corrected chi connectivity index (χ1v) is 11.9. The number of nitrogens with zero attached hydrogens (tertiary/aromatic N) is 1. The Morgan fingerprint density at radius 3 is 2.62 bits per heavy atom.